The summed E-state index contributed by atoms with van der Waals surface area (Å²) < 4.78 is 0. The minimum absolute atomic E-state index is 0. The van der Waals surface area contributed by atoms with Crippen LogP contribution >= 0.6 is 24.8 Å². The first-order valence-electron chi connectivity index (χ1n) is 9.48. The van der Waals surface area contributed by atoms with Crippen molar-refractivity contribution >= 4 is 24.8 Å². The first-order chi connectivity index (χ1) is 11.9. The van der Waals surface area contributed by atoms with E-state index in [1.807, 2.05) is 0 Å². The van der Waals surface area contributed by atoms with Gasteiger partial charge in [-0.05, 0) is 23.1 Å². The first kappa shape index (κ1) is 23.0. The molecule has 4 heteroatoms. The number of rotatable bonds is 7. The van der Waals surface area contributed by atoms with Crippen molar-refractivity contribution in [2.45, 2.75) is 38.6 Å². The summed E-state index contributed by atoms with van der Waals surface area (Å²) in [5.41, 5.74) is 4.09. The fourth-order valence-corrected chi connectivity index (χ4v) is 3.67. The minimum atomic E-state index is 0. The molecule has 0 saturated carbocycles. The smallest absolute Gasteiger partial charge is 0.0349 e. The average molecular weight is 395 g/mol. The van der Waals surface area contributed by atoms with E-state index in [-0.39, 0.29) is 24.8 Å². The molecule has 2 nitrogen and oxygen atoms in total. The van der Waals surface area contributed by atoms with Gasteiger partial charge in [-0.3, -0.25) is 4.90 Å². The summed E-state index contributed by atoms with van der Waals surface area (Å²) in [5, 5.41) is 3.48. The molecule has 0 bridgehead atoms. The van der Waals surface area contributed by atoms with Gasteiger partial charge in [-0.25, -0.2) is 0 Å². The van der Waals surface area contributed by atoms with Crippen LogP contribution in [-0.4, -0.2) is 31.1 Å². The standard InChI is InChI=1S/C22H30N2.2ClH/c1-2-3-5-10-22(24-17-15-23-16-18-24)21-13-11-20(12-14-21)19-8-6-4-7-9-19;;/h4,6-9,11-14,22-23H,2-3,5,10,15-18H2,1H3;2*1H/t22-;;/m1../s1. The van der Waals surface area contributed by atoms with Crippen LogP contribution in [0.4, 0.5) is 0 Å². The third-order valence-electron chi connectivity index (χ3n) is 5.08. The number of unbranched alkanes of at least 4 members (excludes halogenated alkanes) is 2. The molecule has 1 aliphatic rings. The molecule has 1 N–H and O–H groups in total. The Morgan fingerprint density at radius 2 is 1.46 bits per heavy atom. The summed E-state index contributed by atoms with van der Waals surface area (Å²) in [6.45, 7) is 6.85. The fraction of sp³-hybridized carbons (Fsp3) is 0.455. The van der Waals surface area contributed by atoms with Gasteiger partial charge in [0.25, 0.3) is 0 Å². The normalized spacial score (nSPS) is 15.6. The van der Waals surface area contributed by atoms with E-state index in [1.54, 1.807) is 0 Å². The molecule has 0 amide bonds. The van der Waals surface area contributed by atoms with Gasteiger partial charge in [-0.1, -0.05) is 80.8 Å². The molecule has 0 aromatic heterocycles. The maximum atomic E-state index is 3.48. The molecule has 1 saturated heterocycles. The average Bonchev–Trinajstić information content (AvgIpc) is 2.67. The lowest BCUT2D eigenvalue weighted by Gasteiger charge is -2.35. The van der Waals surface area contributed by atoms with Crippen molar-refractivity contribution in [2.24, 2.45) is 0 Å². The highest BCUT2D eigenvalue weighted by Crippen LogP contribution is 2.29. The summed E-state index contributed by atoms with van der Waals surface area (Å²) in [5.74, 6) is 0. The van der Waals surface area contributed by atoms with E-state index in [4.69, 9.17) is 0 Å². The number of nitrogens with zero attached hydrogens (tertiary/aromatic N) is 1. The van der Waals surface area contributed by atoms with Gasteiger partial charge in [0.1, 0.15) is 0 Å². The van der Waals surface area contributed by atoms with Gasteiger partial charge >= 0.3 is 0 Å². The number of hydrogen-bond acceptors (Lipinski definition) is 2. The number of benzene rings is 2. The Morgan fingerprint density at radius 3 is 2.08 bits per heavy atom. The SMILES string of the molecule is CCCCC[C@H](c1ccc(-c2ccccc2)cc1)N1CCNCC1.Cl.Cl. The molecule has 0 unspecified atom stereocenters. The number of halogens is 2. The van der Waals surface area contributed by atoms with Crippen molar-refractivity contribution in [3.05, 3.63) is 60.2 Å². The van der Waals surface area contributed by atoms with Gasteiger partial charge in [0, 0.05) is 32.2 Å². The highest BCUT2D eigenvalue weighted by Gasteiger charge is 2.21. The lowest BCUT2D eigenvalue weighted by molar-refractivity contribution is 0.163. The second-order valence-corrected chi connectivity index (χ2v) is 6.79. The highest BCUT2D eigenvalue weighted by molar-refractivity contribution is 5.85. The molecule has 0 aliphatic carbocycles. The summed E-state index contributed by atoms with van der Waals surface area (Å²) in [6.07, 6.45) is 5.23. The van der Waals surface area contributed by atoms with E-state index in [2.05, 4.69) is 71.7 Å². The van der Waals surface area contributed by atoms with E-state index in [1.165, 1.54) is 42.4 Å². The fourth-order valence-electron chi connectivity index (χ4n) is 3.67. The van der Waals surface area contributed by atoms with Gasteiger partial charge in [0.05, 0.1) is 0 Å². The summed E-state index contributed by atoms with van der Waals surface area (Å²) in [4.78, 5) is 2.67. The van der Waals surface area contributed by atoms with E-state index in [9.17, 15) is 0 Å². The Hall–Kier alpha value is -1.06. The van der Waals surface area contributed by atoms with Crippen molar-refractivity contribution in [3.8, 4) is 11.1 Å². The molecule has 0 radical (unpaired) electrons. The zero-order valence-electron chi connectivity index (χ0n) is 15.7. The van der Waals surface area contributed by atoms with Crippen molar-refractivity contribution in [3.63, 3.8) is 0 Å². The van der Waals surface area contributed by atoms with Crippen LogP contribution in [0.1, 0.15) is 44.2 Å². The van der Waals surface area contributed by atoms with Gasteiger partial charge in [-0.15, -0.1) is 24.8 Å². The van der Waals surface area contributed by atoms with Crippen LogP contribution in [0.25, 0.3) is 11.1 Å². The van der Waals surface area contributed by atoms with Gasteiger partial charge in [-0.2, -0.15) is 0 Å². The Kier molecular flexibility index (Phi) is 10.9. The van der Waals surface area contributed by atoms with Crippen LogP contribution in [-0.2, 0) is 0 Å². The quantitative estimate of drug-likeness (QED) is 0.603. The third kappa shape index (κ3) is 6.28. The highest BCUT2D eigenvalue weighted by atomic mass is 35.5. The van der Waals surface area contributed by atoms with Crippen molar-refractivity contribution in [1.29, 1.82) is 0 Å². The van der Waals surface area contributed by atoms with E-state index in [0.717, 1.165) is 26.2 Å². The van der Waals surface area contributed by atoms with Crippen LogP contribution in [0.5, 0.6) is 0 Å². The van der Waals surface area contributed by atoms with Gasteiger partial charge in [0.2, 0.25) is 0 Å². The van der Waals surface area contributed by atoms with E-state index < -0.39 is 0 Å². The second kappa shape index (κ2) is 12.3. The molecule has 1 fully saturated rings. The molecule has 0 spiro atoms. The predicted octanol–water partition coefficient (Wildman–Crippen LogP) is 5.72. The Bertz CT molecular complexity index is 595. The molecule has 144 valence electrons. The molecule has 26 heavy (non-hydrogen) atoms. The molecule has 3 rings (SSSR count). The van der Waals surface area contributed by atoms with Crippen molar-refractivity contribution in [2.75, 3.05) is 26.2 Å². The topological polar surface area (TPSA) is 15.3 Å². The summed E-state index contributed by atoms with van der Waals surface area (Å²) in [6, 6.07) is 20.5. The number of hydrogen-bond donors (Lipinski definition) is 1. The van der Waals surface area contributed by atoms with Crippen molar-refractivity contribution in [1.82, 2.24) is 10.2 Å². The van der Waals surface area contributed by atoms with E-state index in [0.29, 0.717) is 6.04 Å². The Morgan fingerprint density at radius 1 is 0.846 bits per heavy atom. The van der Waals surface area contributed by atoms with Crippen LogP contribution in [0.2, 0.25) is 0 Å². The molecule has 1 aliphatic heterocycles. The molecular formula is C22H32Cl2N2. The summed E-state index contributed by atoms with van der Waals surface area (Å²) in [7, 11) is 0. The predicted molar refractivity (Wildman–Crippen MR) is 118 cm³/mol. The van der Waals surface area contributed by atoms with Gasteiger partial charge < -0.3 is 5.32 Å². The number of piperazine rings is 1. The molecular weight excluding hydrogens is 363 g/mol. The third-order valence-corrected chi connectivity index (χ3v) is 5.08. The maximum Gasteiger partial charge on any atom is 0.0349 e. The number of nitrogens with one attached hydrogen (secondary N) is 1. The Balaban J connectivity index is 0.00000169. The van der Waals surface area contributed by atoms with Crippen LogP contribution in [0.3, 0.4) is 0 Å². The lowest BCUT2D eigenvalue weighted by Crippen LogP contribution is -2.45. The van der Waals surface area contributed by atoms with Crippen LogP contribution in [0.15, 0.2) is 54.6 Å². The molecule has 1 heterocycles. The maximum absolute atomic E-state index is 3.48. The van der Waals surface area contributed by atoms with E-state index >= 15 is 0 Å². The first-order valence-corrected chi connectivity index (χ1v) is 9.48. The van der Waals surface area contributed by atoms with Crippen LogP contribution < -0.4 is 5.32 Å². The molecule has 1 atom stereocenters. The van der Waals surface area contributed by atoms with Crippen LogP contribution in [0, 0.1) is 0 Å². The lowest BCUT2D eigenvalue weighted by atomic mass is 9.96. The zero-order chi connectivity index (χ0) is 16.6. The zero-order valence-corrected chi connectivity index (χ0v) is 17.3. The molecule has 2 aromatic carbocycles. The van der Waals surface area contributed by atoms with Gasteiger partial charge in [0.15, 0.2) is 0 Å². The monoisotopic (exact) mass is 394 g/mol. The van der Waals surface area contributed by atoms with Crippen molar-refractivity contribution < 1.29 is 0 Å². The second-order valence-electron chi connectivity index (χ2n) is 6.79. The largest absolute Gasteiger partial charge is 0.314 e. The minimum Gasteiger partial charge on any atom is -0.314 e. The molecule has 2 aromatic rings. The Labute approximate surface area is 171 Å². The summed E-state index contributed by atoms with van der Waals surface area (Å²) >= 11 is 0.